The lowest BCUT2D eigenvalue weighted by molar-refractivity contribution is -0.168. The molecule has 4 heteroatoms. The van der Waals surface area contributed by atoms with Gasteiger partial charge >= 0.3 is 11.9 Å². The van der Waals surface area contributed by atoms with Gasteiger partial charge in [-0.3, -0.25) is 4.79 Å². The van der Waals surface area contributed by atoms with Crippen molar-refractivity contribution in [3.8, 4) is 0 Å². The van der Waals surface area contributed by atoms with E-state index < -0.39 is 18.0 Å². The van der Waals surface area contributed by atoms with E-state index in [0.29, 0.717) is 0 Å². The zero-order valence-electron chi connectivity index (χ0n) is 8.49. The Morgan fingerprint density at radius 2 is 1.92 bits per heavy atom. The van der Waals surface area contributed by atoms with Crippen LogP contribution in [0.3, 0.4) is 0 Å². The third-order valence-electron chi connectivity index (χ3n) is 1.89. The van der Waals surface area contributed by atoms with Crippen molar-refractivity contribution >= 4 is 11.9 Å². The van der Waals surface area contributed by atoms with Crippen LogP contribution in [0.4, 0.5) is 0 Å². The molecule has 0 heterocycles. The maximum atomic E-state index is 11.1. The van der Waals surface area contributed by atoms with Crippen molar-refractivity contribution in [1.29, 1.82) is 0 Å². The Bertz CT molecular complexity index is 188. The Morgan fingerprint density at radius 3 is 2.23 bits per heavy atom. The van der Waals surface area contributed by atoms with Crippen LogP contribution in [0, 0.1) is 5.92 Å². The standard InChI is InChI=1S/C9H16O4/c1-5-6(2)8(9(11)12-4)13-7(3)10/h6,8H,5H2,1-4H3/t6-,8-/m0/s1. The van der Waals surface area contributed by atoms with Gasteiger partial charge in [0.1, 0.15) is 0 Å². The summed E-state index contributed by atoms with van der Waals surface area (Å²) in [6.45, 7) is 5.03. The summed E-state index contributed by atoms with van der Waals surface area (Å²) in [6.07, 6.45) is -0.0138. The van der Waals surface area contributed by atoms with E-state index in [1.165, 1.54) is 14.0 Å². The van der Waals surface area contributed by atoms with Gasteiger partial charge in [-0.15, -0.1) is 0 Å². The van der Waals surface area contributed by atoms with Crippen LogP contribution in [0.5, 0.6) is 0 Å². The van der Waals surface area contributed by atoms with Crippen molar-refractivity contribution in [2.45, 2.75) is 33.3 Å². The summed E-state index contributed by atoms with van der Waals surface area (Å²) in [5, 5.41) is 0. The Kier molecular flexibility index (Phi) is 5.11. The van der Waals surface area contributed by atoms with Crippen molar-refractivity contribution in [2.24, 2.45) is 5.92 Å². The number of rotatable bonds is 4. The smallest absolute Gasteiger partial charge is 0.347 e. The Hall–Kier alpha value is -1.06. The summed E-state index contributed by atoms with van der Waals surface area (Å²) in [7, 11) is 1.28. The fourth-order valence-electron chi connectivity index (χ4n) is 0.906. The van der Waals surface area contributed by atoms with Crippen molar-refractivity contribution < 1.29 is 19.1 Å². The maximum absolute atomic E-state index is 11.1. The SMILES string of the molecule is CC[C@H](C)[C@H](OC(C)=O)C(=O)OC. The van der Waals surface area contributed by atoms with Gasteiger partial charge in [-0.05, 0) is 6.42 Å². The minimum Gasteiger partial charge on any atom is -0.466 e. The lowest BCUT2D eigenvalue weighted by atomic mass is 10.0. The summed E-state index contributed by atoms with van der Waals surface area (Å²) in [5.41, 5.74) is 0. The highest BCUT2D eigenvalue weighted by Gasteiger charge is 2.27. The average Bonchev–Trinajstić information content (AvgIpc) is 2.11. The summed E-state index contributed by atoms with van der Waals surface area (Å²) in [6, 6.07) is 0. The largest absolute Gasteiger partial charge is 0.466 e. The van der Waals surface area contributed by atoms with Gasteiger partial charge < -0.3 is 9.47 Å². The fourth-order valence-corrected chi connectivity index (χ4v) is 0.906. The minimum atomic E-state index is -0.771. The quantitative estimate of drug-likeness (QED) is 0.621. The molecule has 4 nitrogen and oxygen atoms in total. The molecule has 0 unspecified atom stereocenters. The van der Waals surface area contributed by atoms with Crippen molar-refractivity contribution in [3.05, 3.63) is 0 Å². The molecule has 0 radical (unpaired) electrons. The Morgan fingerprint density at radius 1 is 1.38 bits per heavy atom. The maximum Gasteiger partial charge on any atom is 0.347 e. The lowest BCUT2D eigenvalue weighted by Gasteiger charge is -2.19. The monoisotopic (exact) mass is 188 g/mol. The molecule has 0 aliphatic carbocycles. The Balaban J connectivity index is 4.35. The zero-order valence-corrected chi connectivity index (χ0v) is 8.49. The molecule has 0 saturated heterocycles. The van der Waals surface area contributed by atoms with E-state index >= 15 is 0 Å². The molecule has 0 amide bonds. The van der Waals surface area contributed by atoms with Gasteiger partial charge in [0.2, 0.25) is 6.10 Å². The lowest BCUT2D eigenvalue weighted by Crippen LogP contribution is -2.33. The number of carbonyl (C=O) groups excluding carboxylic acids is 2. The van der Waals surface area contributed by atoms with Crippen LogP contribution in [0.25, 0.3) is 0 Å². The number of hydrogen-bond acceptors (Lipinski definition) is 4. The van der Waals surface area contributed by atoms with Gasteiger partial charge in [0, 0.05) is 12.8 Å². The number of methoxy groups -OCH3 is 1. The first kappa shape index (κ1) is 11.9. The van der Waals surface area contributed by atoms with E-state index in [2.05, 4.69) is 4.74 Å². The Labute approximate surface area is 78.2 Å². The molecule has 0 aromatic rings. The summed E-state index contributed by atoms with van der Waals surface area (Å²) in [5.74, 6) is -0.975. The van der Waals surface area contributed by atoms with Crippen LogP contribution < -0.4 is 0 Å². The highest BCUT2D eigenvalue weighted by Crippen LogP contribution is 2.13. The van der Waals surface area contributed by atoms with Gasteiger partial charge in [0.05, 0.1) is 7.11 Å². The second-order valence-corrected chi connectivity index (χ2v) is 2.94. The predicted octanol–water partition coefficient (Wildman–Crippen LogP) is 1.14. The molecule has 0 aromatic heterocycles. The molecule has 0 aromatic carbocycles. The van der Waals surface area contributed by atoms with Crippen LogP contribution in [0.2, 0.25) is 0 Å². The molecule has 0 rings (SSSR count). The molecule has 13 heavy (non-hydrogen) atoms. The molecule has 0 saturated carbocycles. The average molecular weight is 188 g/mol. The second kappa shape index (κ2) is 5.56. The van der Waals surface area contributed by atoms with Gasteiger partial charge in [-0.1, -0.05) is 13.8 Å². The van der Waals surface area contributed by atoms with E-state index in [1.807, 2.05) is 13.8 Å². The second-order valence-electron chi connectivity index (χ2n) is 2.94. The van der Waals surface area contributed by atoms with Crippen LogP contribution in [-0.4, -0.2) is 25.2 Å². The minimum absolute atomic E-state index is 0.0173. The van der Waals surface area contributed by atoms with E-state index in [9.17, 15) is 9.59 Å². The number of esters is 2. The van der Waals surface area contributed by atoms with E-state index in [-0.39, 0.29) is 5.92 Å². The van der Waals surface area contributed by atoms with E-state index in [0.717, 1.165) is 6.42 Å². The van der Waals surface area contributed by atoms with Gasteiger partial charge in [0.25, 0.3) is 0 Å². The van der Waals surface area contributed by atoms with E-state index in [1.54, 1.807) is 0 Å². The molecular formula is C9H16O4. The van der Waals surface area contributed by atoms with Gasteiger partial charge in [-0.2, -0.15) is 0 Å². The van der Waals surface area contributed by atoms with Crippen molar-refractivity contribution in [1.82, 2.24) is 0 Å². The molecule has 76 valence electrons. The molecule has 0 aliphatic heterocycles. The first-order chi connectivity index (χ1) is 6.02. The molecule has 0 bridgehead atoms. The highest BCUT2D eigenvalue weighted by atomic mass is 16.6. The highest BCUT2D eigenvalue weighted by molar-refractivity contribution is 5.78. The summed E-state index contributed by atoms with van der Waals surface area (Å²) < 4.78 is 9.36. The van der Waals surface area contributed by atoms with Crippen molar-refractivity contribution in [3.63, 3.8) is 0 Å². The number of carbonyl (C=O) groups is 2. The van der Waals surface area contributed by atoms with Crippen molar-refractivity contribution in [2.75, 3.05) is 7.11 Å². The first-order valence-corrected chi connectivity index (χ1v) is 4.28. The topological polar surface area (TPSA) is 52.6 Å². The number of hydrogen-bond donors (Lipinski definition) is 0. The number of ether oxygens (including phenoxy) is 2. The zero-order chi connectivity index (χ0) is 10.4. The van der Waals surface area contributed by atoms with Crippen LogP contribution >= 0.6 is 0 Å². The van der Waals surface area contributed by atoms with E-state index in [4.69, 9.17) is 4.74 Å². The fraction of sp³-hybridized carbons (Fsp3) is 0.778. The molecular weight excluding hydrogens is 172 g/mol. The first-order valence-electron chi connectivity index (χ1n) is 4.28. The molecule has 0 spiro atoms. The molecule has 0 N–H and O–H groups in total. The molecule has 0 aliphatic rings. The third kappa shape index (κ3) is 3.92. The van der Waals surface area contributed by atoms with Crippen LogP contribution in [0.15, 0.2) is 0 Å². The third-order valence-corrected chi connectivity index (χ3v) is 1.89. The van der Waals surface area contributed by atoms with Crippen LogP contribution in [0.1, 0.15) is 27.2 Å². The molecule has 2 atom stereocenters. The van der Waals surface area contributed by atoms with Crippen LogP contribution in [-0.2, 0) is 19.1 Å². The predicted molar refractivity (Wildman–Crippen MR) is 47.0 cm³/mol. The normalized spacial score (nSPS) is 14.5. The summed E-state index contributed by atoms with van der Waals surface area (Å²) in [4.78, 5) is 21.8. The van der Waals surface area contributed by atoms with Gasteiger partial charge in [-0.25, -0.2) is 4.79 Å². The summed E-state index contributed by atoms with van der Waals surface area (Å²) >= 11 is 0. The molecule has 0 fully saturated rings. The van der Waals surface area contributed by atoms with Gasteiger partial charge in [0.15, 0.2) is 0 Å².